The molecule has 0 aromatic carbocycles. The number of rotatable bonds is 5. The van der Waals surface area contributed by atoms with Crippen molar-refractivity contribution in [2.75, 3.05) is 19.8 Å². The Bertz CT molecular complexity index is 407. The Morgan fingerprint density at radius 1 is 1.50 bits per heavy atom. The van der Waals surface area contributed by atoms with Crippen LogP contribution in [0.2, 0.25) is 19.6 Å². The molecule has 114 valence electrons. The van der Waals surface area contributed by atoms with Crippen LogP contribution in [-0.2, 0) is 13.9 Å². The summed E-state index contributed by atoms with van der Waals surface area (Å²) in [5.41, 5.74) is 0. The first-order valence-electron chi connectivity index (χ1n) is 6.65. The summed E-state index contributed by atoms with van der Waals surface area (Å²) in [6.45, 7) is 10.2. The molecule has 0 radical (unpaired) electrons. The minimum absolute atomic E-state index is 0.246. The molecule has 1 fully saturated rings. The summed E-state index contributed by atoms with van der Waals surface area (Å²) >= 11 is 0. The average Bonchev–Trinajstić information content (AvgIpc) is 2.61. The molecule has 0 bridgehead atoms. The van der Waals surface area contributed by atoms with E-state index in [0.29, 0.717) is 13.2 Å². The second-order valence-corrected chi connectivity index (χ2v) is 10.7. The number of ether oxygens (including phenoxy) is 2. The van der Waals surface area contributed by atoms with Crippen molar-refractivity contribution in [3.63, 3.8) is 0 Å². The van der Waals surface area contributed by atoms with Gasteiger partial charge in [0.15, 0.2) is 14.1 Å². The highest BCUT2D eigenvalue weighted by molar-refractivity contribution is 6.69. The molecule has 7 heteroatoms. The van der Waals surface area contributed by atoms with Crippen LogP contribution in [0, 0.1) is 27.9 Å². The van der Waals surface area contributed by atoms with Gasteiger partial charge in [-0.1, -0.05) is 11.8 Å². The molecule has 6 nitrogen and oxygen atoms in total. The summed E-state index contributed by atoms with van der Waals surface area (Å²) in [6, 6.07) is 0. The minimum atomic E-state index is -1.61. The van der Waals surface area contributed by atoms with E-state index in [0.717, 1.165) is 0 Å². The molecule has 0 spiro atoms. The molecule has 1 rings (SSSR count). The molecular formula is C13H23NO5Si. The van der Waals surface area contributed by atoms with Crippen molar-refractivity contribution in [1.82, 2.24) is 0 Å². The fraction of sp³-hybridized carbons (Fsp3) is 0.846. The predicted octanol–water partition coefficient (Wildman–Crippen LogP) is 1.89. The van der Waals surface area contributed by atoms with Gasteiger partial charge in [0.25, 0.3) is 0 Å². The van der Waals surface area contributed by atoms with Crippen LogP contribution in [0.4, 0.5) is 0 Å². The normalized spacial score (nSPS) is 22.9. The Morgan fingerprint density at radius 2 is 2.15 bits per heavy atom. The first-order chi connectivity index (χ1) is 9.09. The lowest BCUT2D eigenvalue weighted by Crippen LogP contribution is -2.30. The lowest BCUT2D eigenvalue weighted by atomic mass is 10.0. The highest BCUT2D eigenvalue weighted by atomic mass is 28.4. The summed E-state index contributed by atoms with van der Waals surface area (Å²) in [7, 11) is -1.61. The van der Waals surface area contributed by atoms with Crippen molar-refractivity contribution in [1.29, 1.82) is 0 Å². The fourth-order valence-corrected chi connectivity index (χ4v) is 2.26. The number of nitrogens with zero attached hydrogens (tertiary/aromatic N) is 1. The Hall–Kier alpha value is -0.943. The zero-order chi connectivity index (χ0) is 15.4. The zero-order valence-electron chi connectivity index (χ0n) is 12.8. The molecule has 1 aliphatic rings. The monoisotopic (exact) mass is 301 g/mol. The quantitative estimate of drug-likeness (QED) is 0.335. The van der Waals surface area contributed by atoms with Crippen LogP contribution >= 0.6 is 0 Å². The standard InChI is InChI=1S/C13H23NO5Si/c1-13(2)17-10-12(19-13)11(9-14(15)16)7-6-8-18-20(3,4)5/h11-12H,8-10H2,1-5H3/t11-,12+/m0/s1. The van der Waals surface area contributed by atoms with Crippen molar-refractivity contribution in [3.8, 4) is 11.8 Å². The summed E-state index contributed by atoms with van der Waals surface area (Å²) in [6.07, 6.45) is -0.366. The molecule has 1 heterocycles. The van der Waals surface area contributed by atoms with E-state index in [2.05, 4.69) is 31.5 Å². The molecule has 0 amide bonds. The van der Waals surface area contributed by atoms with Gasteiger partial charge in [-0.2, -0.15) is 0 Å². The van der Waals surface area contributed by atoms with Crippen molar-refractivity contribution >= 4 is 8.32 Å². The predicted molar refractivity (Wildman–Crippen MR) is 77.3 cm³/mol. The van der Waals surface area contributed by atoms with Gasteiger partial charge in [-0.3, -0.25) is 10.1 Å². The van der Waals surface area contributed by atoms with E-state index in [1.54, 1.807) is 13.8 Å². The lowest BCUT2D eigenvalue weighted by Gasteiger charge is -2.18. The maximum absolute atomic E-state index is 10.7. The molecule has 0 unspecified atom stereocenters. The van der Waals surface area contributed by atoms with E-state index in [9.17, 15) is 10.1 Å². The van der Waals surface area contributed by atoms with Crippen LogP contribution in [0.1, 0.15) is 13.8 Å². The van der Waals surface area contributed by atoms with Gasteiger partial charge in [-0.15, -0.1) is 0 Å². The van der Waals surface area contributed by atoms with Crippen molar-refractivity contribution in [2.45, 2.75) is 45.4 Å². The van der Waals surface area contributed by atoms with Crippen LogP contribution in [0.5, 0.6) is 0 Å². The number of nitro groups is 1. The molecule has 0 aliphatic carbocycles. The summed E-state index contributed by atoms with van der Waals surface area (Å²) in [5.74, 6) is 4.60. The highest BCUT2D eigenvalue weighted by Crippen LogP contribution is 2.26. The lowest BCUT2D eigenvalue weighted by molar-refractivity contribution is -0.487. The Morgan fingerprint density at radius 3 is 2.60 bits per heavy atom. The van der Waals surface area contributed by atoms with Gasteiger partial charge in [-0.25, -0.2) is 0 Å². The van der Waals surface area contributed by atoms with Crippen LogP contribution in [0.3, 0.4) is 0 Å². The van der Waals surface area contributed by atoms with E-state index in [1.807, 2.05) is 0 Å². The first kappa shape index (κ1) is 17.1. The van der Waals surface area contributed by atoms with Crippen molar-refractivity contribution < 1.29 is 18.8 Å². The van der Waals surface area contributed by atoms with E-state index < -0.39 is 20.0 Å². The zero-order valence-corrected chi connectivity index (χ0v) is 13.8. The average molecular weight is 301 g/mol. The molecular weight excluding hydrogens is 278 g/mol. The third kappa shape index (κ3) is 6.48. The largest absolute Gasteiger partial charge is 0.407 e. The van der Waals surface area contributed by atoms with Gasteiger partial charge in [0.2, 0.25) is 6.54 Å². The van der Waals surface area contributed by atoms with Crippen LogP contribution < -0.4 is 0 Å². The van der Waals surface area contributed by atoms with Gasteiger partial charge in [0, 0.05) is 4.92 Å². The maximum Gasteiger partial charge on any atom is 0.220 e. The molecule has 0 saturated carbocycles. The molecule has 0 aromatic rings. The molecule has 1 saturated heterocycles. The molecule has 0 aromatic heterocycles. The van der Waals surface area contributed by atoms with Crippen LogP contribution in [0.15, 0.2) is 0 Å². The van der Waals surface area contributed by atoms with E-state index in [1.165, 1.54) is 0 Å². The van der Waals surface area contributed by atoms with Gasteiger partial charge in [0.1, 0.15) is 12.0 Å². The van der Waals surface area contributed by atoms with Gasteiger partial charge < -0.3 is 13.9 Å². The fourth-order valence-electron chi connectivity index (χ4n) is 1.76. The second kappa shape index (κ2) is 6.67. The highest BCUT2D eigenvalue weighted by Gasteiger charge is 2.38. The second-order valence-electron chi connectivity index (χ2n) is 6.21. The first-order valence-corrected chi connectivity index (χ1v) is 10.1. The summed E-state index contributed by atoms with van der Waals surface area (Å²) in [4.78, 5) is 10.4. The molecule has 20 heavy (non-hydrogen) atoms. The van der Waals surface area contributed by atoms with E-state index in [-0.39, 0.29) is 17.6 Å². The summed E-state index contributed by atoms with van der Waals surface area (Å²) < 4.78 is 16.7. The number of hydrogen-bond acceptors (Lipinski definition) is 5. The van der Waals surface area contributed by atoms with E-state index in [4.69, 9.17) is 13.9 Å². The van der Waals surface area contributed by atoms with Gasteiger partial charge in [0.05, 0.1) is 13.2 Å². The third-order valence-electron chi connectivity index (χ3n) is 2.69. The molecule has 1 aliphatic heterocycles. The minimum Gasteiger partial charge on any atom is -0.407 e. The summed E-state index contributed by atoms with van der Waals surface area (Å²) in [5, 5.41) is 10.7. The Labute approximate surface area is 121 Å². The van der Waals surface area contributed by atoms with Crippen molar-refractivity contribution in [3.05, 3.63) is 10.1 Å². The molecule has 0 N–H and O–H groups in total. The van der Waals surface area contributed by atoms with Gasteiger partial charge in [-0.05, 0) is 33.5 Å². The Kier molecular flexibility index (Phi) is 5.71. The van der Waals surface area contributed by atoms with Crippen LogP contribution in [-0.4, -0.2) is 44.9 Å². The maximum atomic E-state index is 10.7. The topological polar surface area (TPSA) is 70.8 Å². The smallest absolute Gasteiger partial charge is 0.220 e. The third-order valence-corrected chi connectivity index (χ3v) is 3.70. The van der Waals surface area contributed by atoms with Gasteiger partial charge >= 0.3 is 0 Å². The SMILES string of the molecule is CC1(C)OC[C@H]([C@@H](C#CCO[Si](C)(C)C)C[N+](=O)[O-])O1. The van der Waals surface area contributed by atoms with E-state index >= 15 is 0 Å². The van der Waals surface area contributed by atoms with Crippen LogP contribution in [0.25, 0.3) is 0 Å². The molecule has 2 atom stereocenters. The Balaban J connectivity index is 2.62. The van der Waals surface area contributed by atoms with Crippen molar-refractivity contribution in [2.24, 2.45) is 5.92 Å². The number of hydrogen-bond donors (Lipinski definition) is 0.